The Hall–Kier alpha value is -3.50. The number of pyridine rings is 1. The van der Waals surface area contributed by atoms with Crippen LogP contribution in [0.15, 0.2) is 42.6 Å². The van der Waals surface area contributed by atoms with Gasteiger partial charge < -0.3 is 10.1 Å². The van der Waals surface area contributed by atoms with E-state index in [9.17, 15) is 14.9 Å². The van der Waals surface area contributed by atoms with E-state index in [1.807, 2.05) is 30.3 Å². The number of carbonyl (C=O) groups excluding carboxylic acids is 2. The number of amides is 1. The zero-order valence-electron chi connectivity index (χ0n) is 17.1. The molecular weight excluding hydrogens is 410 g/mol. The van der Waals surface area contributed by atoms with Crippen LogP contribution >= 0.6 is 11.3 Å². The smallest absolute Gasteiger partial charge is 0.331 e. The molecule has 2 aromatic heterocycles. The molecule has 1 atom stereocenters. The summed E-state index contributed by atoms with van der Waals surface area (Å²) in [6, 6.07) is 11.7. The largest absolute Gasteiger partial charge is 0.452 e. The van der Waals surface area contributed by atoms with E-state index in [2.05, 4.69) is 23.3 Å². The van der Waals surface area contributed by atoms with Gasteiger partial charge in [-0.15, -0.1) is 11.3 Å². The number of ether oxygens (including phenoxy) is 1. The SMILES string of the molecule is CC1CCc2c(sc(NC(=O)COC(=O)/C=C/c3cccc4cccnc34)c2C#N)C1. The van der Waals surface area contributed by atoms with Crippen LogP contribution in [0.1, 0.15) is 34.9 Å². The average molecular weight is 432 g/mol. The Kier molecular flexibility index (Phi) is 6.10. The summed E-state index contributed by atoms with van der Waals surface area (Å²) >= 11 is 1.45. The maximum atomic E-state index is 12.3. The van der Waals surface area contributed by atoms with Gasteiger partial charge in [-0.1, -0.05) is 31.2 Å². The molecule has 0 radical (unpaired) electrons. The average Bonchev–Trinajstić information content (AvgIpc) is 3.11. The van der Waals surface area contributed by atoms with Crippen molar-refractivity contribution >= 4 is 45.2 Å². The van der Waals surface area contributed by atoms with Crippen LogP contribution in [-0.4, -0.2) is 23.5 Å². The summed E-state index contributed by atoms with van der Waals surface area (Å²) in [6.45, 7) is 1.77. The van der Waals surface area contributed by atoms with Crippen LogP contribution in [0.4, 0.5) is 5.00 Å². The molecule has 0 spiro atoms. The Balaban J connectivity index is 1.36. The molecule has 3 aromatic rings. The molecule has 1 aliphatic carbocycles. The van der Waals surface area contributed by atoms with E-state index < -0.39 is 18.5 Å². The Morgan fingerprint density at radius 2 is 2.19 bits per heavy atom. The van der Waals surface area contributed by atoms with Crippen LogP contribution in [0.5, 0.6) is 0 Å². The molecule has 1 amide bonds. The van der Waals surface area contributed by atoms with Crippen molar-refractivity contribution < 1.29 is 14.3 Å². The fourth-order valence-corrected chi connectivity index (χ4v) is 5.10. The fraction of sp³-hybridized carbons (Fsp3) is 0.250. The molecule has 1 aromatic carbocycles. The lowest BCUT2D eigenvalue weighted by Crippen LogP contribution is -2.20. The first-order valence-electron chi connectivity index (χ1n) is 10.1. The van der Waals surface area contributed by atoms with E-state index in [0.29, 0.717) is 16.5 Å². The normalized spacial score (nSPS) is 15.4. The van der Waals surface area contributed by atoms with Crippen molar-refractivity contribution in [2.75, 3.05) is 11.9 Å². The van der Waals surface area contributed by atoms with Gasteiger partial charge in [0.05, 0.1) is 11.1 Å². The van der Waals surface area contributed by atoms with Gasteiger partial charge in [-0.05, 0) is 42.9 Å². The molecule has 1 N–H and O–H groups in total. The number of nitrogens with one attached hydrogen (secondary N) is 1. The summed E-state index contributed by atoms with van der Waals surface area (Å²) < 4.78 is 5.07. The highest BCUT2D eigenvalue weighted by Gasteiger charge is 2.24. The van der Waals surface area contributed by atoms with Crippen LogP contribution < -0.4 is 5.32 Å². The number of rotatable bonds is 5. The molecule has 2 heterocycles. The Labute approximate surface area is 184 Å². The molecule has 1 unspecified atom stereocenters. The lowest BCUT2D eigenvalue weighted by Gasteiger charge is -2.17. The summed E-state index contributed by atoms with van der Waals surface area (Å²) in [6.07, 6.45) is 7.42. The van der Waals surface area contributed by atoms with Crippen LogP contribution in [0.2, 0.25) is 0 Å². The van der Waals surface area contributed by atoms with E-state index in [-0.39, 0.29) is 0 Å². The van der Waals surface area contributed by atoms with E-state index in [4.69, 9.17) is 4.74 Å². The highest BCUT2D eigenvalue weighted by Crippen LogP contribution is 2.39. The van der Waals surface area contributed by atoms with E-state index in [1.54, 1.807) is 12.3 Å². The maximum Gasteiger partial charge on any atom is 0.331 e. The third-order valence-electron chi connectivity index (χ3n) is 5.28. The first-order chi connectivity index (χ1) is 15.0. The summed E-state index contributed by atoms with van der Waals surface area (Å²) in [5.74, 6) is -0.509. The molecular formula is C24H21N3O3S. The van der Waals surface area contributed by atoms with E-state index in [1.165, 1.54) is 17.4 Å². The van der Waals surface area contributed by atoms with E-state index >= 15 is 0 Å². The number of thiophene rings is 1. The summed E-state index contributed by atoms with van der Waals surface area (Å²) in [7, 11) is 0. The van der Waals surface area contributed by atoms with Crippen LogP contribution in [0.3, 0.4) is 0 Å². The molecule has 7 heteroatoms. The maximum absolute atomic E-state index is 12.3. The highest BCUT2D eigenvalue weighted by molar-refractivity contribution is 7.16. The fourth-order valence-electron chi connectivity index (χ4n) is 3.72. The second-order valence-corrected chi connectivity index (χ2v) is 8.68. The topological polar surface area (TPSA) is 92.1 Å². The Morgan fingerprint density at radius 1 is 1.35 bits per heavy atom. The van der Waals surface area contributed by atoms with Crippen molar-refractivity contribution in [3.63, 3.8) is 0 Å². The molecule has 4 rings (SSSR count). The third-order valence-corrected chi connectivity index (χ3v) is 6.45. The number of para-hydroxylation sites is 1. The number of nitrogens with zero attached hydrogens (tertiary/aromatic N) is 2. The molecule has 6 nitrogen and oxygen atoms in total. The molecule has 0 fully saturated rings. The predicted molar refractivity (Wildman–Crippen MR) is 121 cm³/mol. The van der Waals surface area contributed by atoms with Gasteiger partial charge in [-0.2, -0.15) is 5.26 Å². The second-order valence-electron chi connectivity index (χ2n) is 7.58. The summed E-state index contributed by atoms with van der Waals surface area (Å²) in [5, 5.41) is 13.8. The van der Waals surface area contributed by atoms with Gasteiger partial charge in [0.25, 0.3) is 5.91 Å². The van der Waals surface area contributed by atoms with Crippen molar-refractivity contribution in [3.05, 3.63) is 64.2 Å². The molecule has 156 valence electrons. The van der Waals surface area contributed by atoms with Gasteiger partial charge in [0.1, 0.15) is 11.1 Å². The van der Waals surface area contributed by atoms with Crippen molar-refractivity contribution in [2.45, 2.75) is 26.2 Å². The van der Waals surface area contributed by atoms with Crippen LogP contribution in [0, 0.1) is 17.2 Å². The number of aromatic nitrogens is 1. The zero-order valence-corrected chi connectivity index (χ0v) is 17.9. The number of hydrogen-bond donors (Lipinski definition) is 1. The van der Waals surface area contributed by atoms with Gasteiger partial charge >= 0.3 is 5.97 Å². The first kappa shape index (κ1) is 20.8. The number of hydrogen-bond acceptors (Lipinski definition) is 6. The predicted octanol–water partition coefficient (Wildman–Crippen LogP) is 4.49. The van der Waals surface area contributed by atoms with Gasteiger partial charge in [-0.3, -0.25) is 9.78 Å². The summed E-state index contributed by atoms with van der Waals surface area (Å²) in [4.78, 5) is 29.9. The van der Waals surface area contributed by atoms with E-state index in [0.717, 1.165) is 46.2 Å². The van der Waals surface area contributed by atoms with Gasteiger partial charge in [-0.25, -0.2) is 4.79 Å². The van der Waals surface area contributed by atoms with Crippen molar-refractivity contribution in [3.8, 4) is 6.07 Å². The molecule has 0 aliphatic heterocycles. The Morgan fingerprint density at radius 3 is 3.03 bits per heavy atom. The third kappa shape index (κ3) is 4.65. The highest BCUT2D eigenvalue weighted by atomic mass is 32.1. The zero-order chi connectivity index (χ0) is 21.8. The molecule has 1 aliphatic rings. The number of anilines is 1. The number of carbonyl (C=O) groups is 2. The standard InChI is InChI=1S/C24H21N3O3S/c1-15-7-9-18-19(13-25)24(31-20(18)12-15)27-21(28)14-30-22(29)10-8-17-5-2-4-16-6-3-11-26-23(16)17/h2-6,8,10-11,15H,7,9,12,14H2,1H3,(H,27,28)/b10-8+. The quantitative estimate of drug-likeness (QED) is 0.475. The lowest BCUT2D eigenvalue weighted by molar-refractivity contribution is -0.142. The number of esters is 1. The molecule has 0 bridgehead atoms. The summed E-state index contributed by atoms with van der Waals surface area (Å²) in [5.41, 5.74) is 3.16. The molecule has 0 saturated heterocycles. The minimum absolute atomic E-state index is 0.416. The number of benzene rings is 1. The van der Waals surface area contributed by atoms with Crippen molar-refractivity contribution in [1.29, 1.82) is 5.26 Å². The van der Waals surface area contributed by atoms with Gasteiger partial charge in [0.15, 0.2) is 6.61 Å². The molecule has 31 heavy (non-hydrogen) atoms. The van der Waals surface area contributed by atoms with Crippen molar-refractivity contribution in [1.82, 2.24) is 4.98 Å². The van der Waals surface area contributed by atoms with Crippen LogP contribution in [0.25, 0.3) is 17.0 Å². The second kappa shape index (κ2) is 9.11. The monoisotopic (exact) mass is 431 g/mol. The minimum atomic E-state index is -0.622. The number of fused-ring (bicyclic) bond motifs is 2. The Bertz CT molecular complexity index is 1220. The minimum Gasteiger partial charge on any atom is -0.452 e. The van der Waals surface area contributed by atoms with Crippen LogP contribution in [-0.2, 0) is 27.2 Å². The molecule has 0 saturated carbocycles. The lowest BCUT2D eigenvalue weighted by atomic mass is 9.89. The number of nitriles is 1. The van der Waals surface area contributed by atoms with Gasteiger partial charge in [0, 0.05) is 28.1 Å². The first-order valence-corrected chi connectivity index (χ1v) is 10.9. The van der Waals surface area contributed by atoms with Crippen molar-refractivity contribution in [2.24, 2.45) is 5.92 Å². The van der Waals surface area contributed by atoms with Gasteiger partial charge in [0.2, 0.25) is 0 Å².